The van der Waals surface area contributed by atoms with Gasteiger partial charge in [0.1, 0.15) is 0 Å². The fraction of sp³-hybridized carbons (Fsp3) is 0.364. The van der Waals surface area contributed by atoms with Gasteiger partial charge in [-0.15, -0.1) is 0 Å². The molecule has 16 heavy (non-hydrogen) atoms. The van der Waals surface area contributed by atoms with Crippen LogP contribution in [0.5, 0.6) is 0 Å². The quantitative estimate of drug-likeness (QED) is 0.629. The highest BCUT2D eigenvalue weighted by Gasteiger charge is 2.18. The molecule has 0 fully saturated rings. The van der Waals surface area contributed by atoms with Gasteiger partial charge in [-0.2, -0.15) is 0 Å². The number of halogens is 1. The Balaban J connectivity index is 2.69. The molecule has 1 rings (SSSR count). The smallest absolute Gasteiger partial charge is 0.308 e. The second kappa shape index (κ2) is 5.75. The lowest BCUT2D eigenvalue weighted by Gasteiger charge is -2.07. The molecule has 0 saturated heterocycles. The highest BCUT2D eigenvalue weighted by Crippen LogP contribution is 2.14. The monoisotopic (exact) mass is 285 g/mol. The number of ether oxygens (including phenoxy) is 1. The van der Waals surface area contributed by atoms with Gasteiger partial charge in [0.15, 0.2) is 5.78 Å². The minimum Gasteiger partial charge on any atom is -0.469 e. The number of rotatable bonds is 4. The number of pyridine rings is 1. The Hall–Kier alpha value is -1.23. The lowest BCUT2D eigenvalue weighted by atomic mass is 10.0. The number of hydrogen-bond acceptors (Lipinski definition) is 4. The van der Waals surface area contributed by atoms with Crippen molar-refractivity contribution in [3.05, 3.63) is 28.5 Å². The number of ketones is 1. The standard InChI is InChI=1S/C11H12BrNO3/c1-7(11(15)16-2)3-10(14)8-4-9(12)6-13-5-8/h4-7H,3H2,1-2H3. The summed E-state index contributed by atoms with van der Waals surface area (Å²) >= 11 is 3.23. The van der Waals surface area contributed by atoms with Crippen molar-refractivity contribution in [3.8, 4) is 0 Å². The van der Waals surface area contributed by atoms with E-state index in [2.05, 4.69) is 25.7 Å². The van der Waals surface area contributed by atoms with E-state index in [-0.39, 0.29) is 18.2 Å². The molecule has 4 nitrogen and oxygen atoms in total. The second-order valence-electron chi connectivity index (χ2n) is 3.44. The van der Waals surface area contributed by atoms with Crippen molar-refractivity contribution < 1.29 is 14.3 Å². The zero-order valence-corrected chi connectivity index (χ0v) is 10.7. The lowest BCUT2D eigenvalue weighted by molar-refractivity contribution is -0.144. The van der Waals surface area contributed by atoms with Crippen molar-refractivity contribution in [1.29, 1.82) is 0 Å². The number of hydrogen-bond donors (Lipinski definition) is 0. The first-order chi connectivity index (χ1) is 7.54. The van der Waals surface area contributed by atoms with Crippen molar-refractivity contribution in [2.45, 2.75) is 13.3 Å². The normalized spacial score (nSPS) is 11.9. The molecule has 1 unspecified atom stereocenters. The van der Waals surface area contributed by atoms with E-state index < -0.39 is 5.92 Å². The molecular weight excluding hydrogens is 274 g/mol. The third kappa shape index (κ3) is 3.41. The van der Waals surface area contributed by atoms with Crippen LogP contribution in [0.3, 0.4) is 0 Å². The maximum absolute atomic E-state index is 11.8. The van der Waals surface area contributed by atoms with Crippen molar-refractivity contribution in [2.75, 3.05) is 7.11 Å². The summed E-state index contributed by atoms with van der Waals surface area (Å²) in [4.78, 5) is 26.8. The fourth-order valence-electron chi connectivity index (χ4n) is 1.24. The molecule has 0 aliphatic rings. The van der Waals surface area contributed by atoms with Crippen LogP contribution in [0.25, 0.3) is 0 Å². The van der Waals surface area contributed by atoms with Gasteiger partial charge in [-0.05, 0) is 22.0 Å². The molecule has 1 atom stereocenters. The predicted molar refractivity (Wildman–Crippen MR) is 62.1 cm³/mol. The zero-order valence-electron chi connectivity index (χ0n) is 9.07. The Kier molecular flexibility index (Phi) is 4.61. The Morgan fingerprint density at radius 2 is 2.19 bits per heavy atom. The number of esters is 1. The van der Waals surface area contributed by atoms with Gasteiger partial charge in [0.05, 0.1) is 13.0 Å². The van der Waals surface area contributed by atoms with Gasteiger partial charge in [-0.25, -0.2) is 0 Å². The summed E-state index contributed by atoms with van der Waals surface area (Å²) < 4.78 is 5.30. The molecule has 0 aliphatic carbocycles. The summed E-state index contributed by atoms with van der Waals surface area (Å²) in [6.45, 7) is 1.66. The molecule has 0 aromatic carbocycles. The molecule has 0 amide bonds. The van der Waals surface area contributed by atoms with E-state index >= 15 is 0 Å². The fourth-order valence-corrected chi connectivity index (χ4v) is 1.61. The SMILES string of the molecule is COC(=O)C(C)CC(=O)c1cncc(Br)c1. The topological polar surface area (TPSA) is 56.3 Å². The molecule has 0 radical (unpaired) electrons. The van der Waals surface area contributed by atoms with E-state index in [1.54, 1.807) is 19.2 Å². The first-order valence-corrected chi connectivity index (χ1v) is 5.55. The van der Waals surface area contributed by atoms with Gasteiger partial charge in [-0.3, -0.25) is 14.6 Å². The van der Waals surface area contributed by atoms with E-state index in [4.69, 9.17) is 0 Å². The van der Waals surface area contributed by atoms with Crippen molar-refractivity contribution in [3.63, 3.8) is 0 Å². The molecule has 1 heterocycles. The number of aromatic nitrogens is 1. The molecule has 86 valence electrons. The van der Waals surface area contributed by atoms with Gasteiger partial charge in [-0.1, -0.05) is 6.92 Å². The maximum Gasteiger partial charge on any atom is 0.308 e. The Bertz CT molecular complexity index is 406. The third-order valence-electron chi connectivity index (χ3n) is 2.12. The van der Waals surface area contributed by atoms with E-state index in [1.807, 2.05) is 0 Å². The molecule has 0 spiro atoms. The predicted octanol–water partition coefficient (Wildman–Crippen LogP) is 2.23. The van der Waals surface area contributed by atoms with Crippen LogP contribution in [0.2, 0.25) is 0 Å². The van der Waals surface area contributed by atoms with Gasteiger partial charge in [0.25, 0.3) is 0 Å². The number of methoxy groups -OCH3 is 1. The van der Waals surface area contributed by atoms with Gasteiger partial charge >= 0.3 is 5.97 Å². The Labute approximate surface area is 102 Å². The van der Waals surface area contributed by atoms with Crippen LogP contribution >= 0.6 is 15.9 Å². The van der Waals surface area contributed by atoms with Crippen molar-refractivity contribution >= 4 is 27.7 Å². The minimum absolute atomic E-state index is 0.119. The Morgan fingerprint density at radius 3 is 2.75 bits per heavy atom. The van der Waals surface area contributed by atoms with E-state index in [9.17, 15) is 9.59 Å². The molecule has 1 aromatic rings. The average molecular weight is 286 g/mol. The average Bonchev–Trinajstić information content (AvgIpc) is 2.27. The number of carbonyl (C=O) groups is 2. The summed E-state index contributed by atoms with van der Waals surface area (Å²) in [6, 6.07) is 1.68. The molecule has 0 saturated carbocycles. The molecule has 1 aromatic heterocycles. The number of Topliss-reactive ketones (excluding diaryl/α,β-unsaturated/α-hetero) is 1. The van der Waals surface area contributed by atoms with Crippen molar-refractivity contribution in [1.82, 2.24) is 4.98 Å². The zero-order chi connectivity index (χ0) is 12.1. The van der Waals surface area contributed by atoms with E-state index in [1.165, 1.54) is 13.3 Å². The molecule has 5 heteroatoms. The molecule has 0 N–H and O–H groups in total. The highest BCUT2D eigenvalue weighted by molar-refractivity contribution is 9.10. The summed E-state index contributed by atoms with van der Waals surface area (Å²) in [5.41, 5.74) is 0.491. The van der Waals surface area contributed by atoms with Crippen LogP contribution < -0.4 is 0 Å². The van der Waals surface area contributed by atoms with Crippen LogP contribution in [0.4, 0.5) is 0 Å². The van der Waals surface area contributed by atoms with Crippen LogP contribution in [-0.4, -0.2) is 23.8 Å². The van der Waals surface area contributed by atoms with E-state index in [0.717, 1.165) is 4.47 Å². The van der Waals surface area contributed by atoms with Gasteiger partial charge < -0.3 is 4.74 Å². The van der Waals surface area contributed by atoms with Gasteiger partial charge in [0, 0.05) is 28.9 Å². The minimum atomic E-state index is -0.434. The summed E-state index contributed by atoms with van der Waals surface area (Å²) in [7, 11) is 1.31. The first kappa shape index (κ1) is 12.8. The lowest BCUT2D eigenvalue weighted by Crippen LogP contribution is -2.17. The molecule has 0 aliphatic heterocycles. The van der Waals surface area contributed by atoms with E-state index in [0.29, 0.717) is 5.56 Å². The highest BCUT2D eigenvalue weighted by atomic mass is 79.9. The number of nitrogens with zero attached hydrogens (tertiary/aromatic N) is 1. The Morgan fingerprint density at radius 1 is 1.50 bits per heavy atom. The van der Waals surface area contributed by atoms with Crippen LogP contribution in [0.15, 0.2) is 22.9 Å². The van der Waals surface area contributed by atoms with Crippen LogP contribution in [0.1, 0.15) is 23.7 Å². The van der Waals surface area contributed by atoms with Gasteiger partial charge in [0.2, 0.25) is 0 Å². The summed E-state index contributed by atoms with van der Waals surface area (Å²) in [6.07, 6.45) is 3.21. The molecular formula is C11H12BrNO3. The first-order valence-electron chi connectivity index (χ1n) is 4.76. The van der Waals surface area contributed by atoms with Crippen molar-refractivity contribution in [2.24, 2.45) is 5.92 Å². The summed E-state index contributed by atoms with van der Waals surface area (Å²) in [5, 5.41) is 0. The third-order valence-corrected chi connectivity index (χ3v) is 2.56. The maximum atomic E-state index is 11.8. The largest absolute Gasteiger partial charge is 0.469 e. The second-order valence-corrected chi connectivity index (χ2v) is 4.36. The molecule has 0 bridgehead atoms. The van der Waals surface area contributed by atoms with Crippen LogP contribution in [0, 0.1) is 5.92 Å². The number of carbonyl (C=O) groups excluding carboxylic acids is 2. The summed E-state index contributed by atoms with van der Waals surface area (Å²) in [5.74, 6) is -0.931. The van der Waals surface area contributed by atoms with Crippen LogP contribution in [-0.2, 0) is 9.53 Å².